The van der Waals surface area contributed by atoms with Gasteiger partial charge in [0, 0.05) is 37.5 Å². The molecule has 1 aliphatic rings. The molecule has 0 unspecified atom stereocenters. The molecule has 21 heavy (non-hydrogen) atoms. The van der Waals surface area contributed by atoms with Crippen LogP contribution < -0.4 is 0 Å². The molecule has 0 radical (unpaired) electrons. The highest BCUT2D eigenvalue weighted by Crippen LogP contribution is 2.26. The van der Waals surface area contributed by atoms with Crippen LogP contribution in [0.15, 0.2) is 42.7 Å². The van der Waals surface area contributed by atoms with Crippen LogP contribution in [0.3, 0.4) is 0 Å². The zero-order valence-electron chi connectivity index (χ0n) is 12.4. The number of hydrogen-bond acceptors (Lipinski definition) is 3. The van der Waals surface area contributed by atoms with Gasteiger partial charge >= 0.3 is 0 Å². The third-order valence-electron chi connectivity index (χ3n) is 4.24. The van der Waals surface area contributed by atoms with Crippen molar-refractivity contribution < 1.29 is 5.11 Å². The lowest BCUT2D eigenvalue weighted by atomic mass is 9.91. The number of aliphatic hydroxyl groups is 1. The largest absolute Gasteiger partial charge is 0.396 e. The van der Waals surface area contributed by atoms with Crippen molar-refractivity contribution in [2.24, 2.45) is 0 Å². The van der Waals surface area contributed by atoms with Crippen molar-refractivity contribution in [3.8, 4) is 5.69 Å². The molecular formula is C17H23N3O. The molecule has 4 heteroatoms. The van der Waals surface area contributed by atoms with Crippen molar-refractivity contribution in [3.63, 3.8) is 0 Å². The highest BCUT2D eigenvalue weighted by atomic mass is 16.3. The van der Waals surface area contributed by atoms with Gasteiger partial charge in [-0.3, -0.25) is 4.90 Å². The number of hydrogen-bond donors (Lipinski definition) is 1. The zero-order valence-corrected chi connectivity index (χ0v) is 12.4. The SMILES string of the molecule is OCCCN(Cc1cnn(-c2ccccc2)c1)C1CCC1. The normalized spacial score (nSPS) is 15.3. The van der Waals surface area contributed by atoms with E-state index in [1.54, 1.807) is 0 Å². The van der Waals surface area contributed by atoms with Gasteiger partial charge in [0.15, 0.2) is 0 Å². The molecule has 1 aromatic carbocycles. The Kier molecular flexibility index (Phi) is 4.68. The van der Waals surface area contributed by atoms with Crippen LogP contribution >= 0.6 is 0 Å². The Balaban J connectivity index is 1.67. The molecule has 1 heterocycles. The van der Waals surface area contributed by atoms with E-state index in [9.17, 15) is 0 Å². The smallest absolute Gasteiger partial charge is 0.0645 e. The van der Waals surface area contributed by atoms with Crippen LogP contribution in [-0.4, -0.2) is 39.0 Å². The van der Waals surface area contributed by atoms with E-state index in [-0.39, 0.29) is 6.61 Å². The number of aliphatic hydroxyl groups excluding tert-OH is 1. The molecule has 1 aromatic heterocycles. The van der Waals surface area contributed by atoms with Crippen LogP contribution in [0.2, 0.25) is 0 Å². The second-order valence-electron chi connectivity index (χ2n) is 5.76. The summed E-state index contributed by atoms with van der Waals surface area (Å²) in [7, 11) is 0. The summed E-state index contributed by atoms with van der Waals surface area (Å²) in [6.45, 7) is 2.17. The summed E-state index contributed by atoms with van der Waals surface area (Å²) < 4.78 is 1.93. The molecule has 1 aliphatic carbocycles. The predicted octanol–water partition coefficient (Wildman–Crippen LogP) is 2.61. The van der Waals surface area contributed by atoms with E-state index in [1.807, 2.05) is 29.1 Å². The molecule has 1 saturated carbocycles. The Morgan fingerprint density at radius 1 is 1.24 bits per heavy atom. The van der Waals surface area contributed by atoms with Crippen LogP contribution in [0.1, 0.15) is 31.2 Å². The van der Waals surface area contributed by atoms with Gasteiger partial charge in [0.2, 0.25) is 0 Å². The first-order chi connectivity index (χ1) is 10.4. The quantitative estimate of drug-likeness (QED) is 0.850. The lowest BCUT2D eigenvalue weighted by molar-refractivity contribution is 0.109. The molecule has 1 N–H and O–H groups in total. The minimum absolute atomic E-state index is 0.270. The number of rotatable bonds is 7. The zero-order chi connectivity index (χ0) is 14.5. The summed E-state index contributed by atoms with van der Waals surface area (Å²) in [5.74, 6) is 0. The number of nitrogens with zero attached hydrogens (tertiary/aromatic N) is 3. The van der Waals surface area contributed by atoms with E-state index in [0.29, 0.717) is 6.04 Å². The second kappa shape index (κ2) is 6.87. The Labute approximate surface area is 126 Å². The van der Waals surface area contributed by atoms with E-state index >= 15 is 0 Å². The molecule has 0 amide bonds. The van der Waals surface area contributed by atoms with Crippen molar-refractivity contribution in [2.75, 3.05) is 13.2 Å². The summed E-state index contributed by atoms with van der Waals surface area (Å²) in [6, 6.07) is 10.9. The van der Waals surface area contributed by atoms with Crippen molar-refractivity contribution in [2.45, 2.75) is 38.3 Å². The van der Waals surface area contributed by atoms with Gasteiger partial charge in [-0.25, -0.2) is 4.68 Å². The summed E-state index contributed by atoms with van der Waals surface area (Å²) in [4.78, 5) is 2.49. The molecule has 0 bridgehead atoms. The second-order valence-corrected chi connectivity index (χ2v) is 5.76. The summed E-state index contributed by atoms with van der Waals surface area (Å²) >= 11 is 0. The monoisotopic (exact) mass is 285 g/mol. The van der Waals surface area contributed by atoms with Crippen LogP contribution in [0.4, 0.5) is 0 Å². The van der Waals surface area contributed by atoms with Gasteiger partial charge in [-0.2, -0.15) is 5.10 Å². The first-order valence-corrected chi connectivity index (χ1v) is 7.80. The minimum Gasteiger partial charge on any atom is -0.396 e. The summed E-state index contributed by atoms with van der Waals surface area (Å²) in [5.41, 5.74) is 2.33. The number of para-hydroxylation sites is 1. The van der Waals surface area contributed by atoms with Crippen molar-refractivity contribution in [3.05, 3.63) is 48.3 Å². The third kappa shape index (κ3) is 3.52. The highest BCUT2D eigenvalue weighted by molar-refractivity contribution is 5.30. The molecule has 2 aromatic rings. The summed E-state index contributed by atoms with van der Waals surface area (Å²) in [5, 5.41) is 13.5. The van der Waals surface area contributed by atoms with Gasteiger partial charge in [0.25, 0.3) is 0 Å². The van der Waals surface area contributed by atoms with E-state index in [4.69, 9.17) is 5.11 Å². The van der Waals surface area contributed by atoms with E-state index in [1.165, 1.54) is 24.8 Å². The van der Waals surface area contributed by atoms with Crippen LogP contribution in [0.5, 0.6) is 0 Å². The van der Waals surface area contributed by atoms with Gasteiger partial charge < -0.3 is 5.11 Å². The molecule has 4 nitrogen and oxygen atoms in total. The Bertz CT molecular complexity index is 548. The number of benzene rings is 1. The highest BCUT2D eigenvalue weighted by Gasteiger charge is 2.24. The Hall–Kier alpha value is -1.65. The first-order valence-electron chi connectivity index (χ1n) is 7.80. The topological polar surface area (TPSA) is 41.3 Å². The lowest BCUT2D eigenvalue weighted by Crippen LogP contribution is -2.40. The van der Waals surface area contributed by atoms with Gasteiger partial charge in [0.1, 0.15) is 0 Å². The Morgan fingerprint density at radius 2 is 2.05 bits per heavy atom. The predicted molar refractivity (Wildman–Crippen MR) is 83.3 cm³/mol. The van der Waals surface area contributed by atoms with Crippen molar-refractivity contribution >= 4 is 0 Å². The molecule has 0 saturated heterocycles. The number of aromatic nitrogens is 2. The average Bonchev–Trinajstić information content (AvgIpc) is 2.92. The molecule has 0 aliphatic heterocycles. The minimum atomic E-state index is 0.270. The van der Waals surface area contributed by atoms with Crippen LogP contribution in [-0.2, 0) is 6.54 Å². The molecule has 112 valence electrons. The van der Waals surface area contributed by atoms with E-state index < -0.39 is 0 Å². The fourth-order valence-corrected chi connectivity index (χ4v) is 2.81. The standard InChI is InChI=1S/C17H23N3O/c21-11-5-10-19(16-8-4-9-16)13-15-12-18-20(14-15)17-6-2-1-3-7-17/h1-3,6-7,12,14,16,21H,4-5,8-11,13H2. The third-order valence-corrected chi connectivity index (χ3v) is 4.24. The first kappa shape index (κ1) is 14.3. The van der Waals surface area contributed by atoms with Gasteiger partial charge in [-0.15, -0.1) is 0 Å². The van der Waals surface area contributed by atoms with E-state index in [0.717, 1.165) is 25.2 Å². The molecule has 0 spiro atoms. The van der Waals surface area contributed by atoms with Gasteiger partial charge in [0.05, 0.1) is 11.9 Å². The summed E-state index contributed by atoms with van der Waals surface area (Å²) in [6.07, 6.45) is 8.83. The Morgan fingerprint density at radius 3 is 2.71 bits per heavy atom. The lowest BCUT2D eigenvalue weighted by Gasteiger charge is -2.37. The van der Waals surface area contributed by atoms with Crippen molar-refractivity contribution in [1.82, 2.24) is 14.7 Å². The molecular weight excluding hydrogens is 262 g/mol. The average molecular weight is 285 g/mol. The molecule has 1 fully saturated rings. The maximum Gasteiger partial charge on any atom is 0.0645 e. The maximum absolute atomic E-state index is 9.06. The van der Waals surface area contributed by atoms with Crippen molar-refractivity contribution in [1.29, 1.82) is 0 Å². The fraction of sp³-hybridized carbons (Fsp3) is 0.471. The van der Waals surface area contributed by atoms with Crippen LogP contribution in [0, 0.1) is 0 Å². The van der Waals surface area contributed by atoms with Gasteiger partial charge in [-0.1, -0.05) is 24.6 Å². The maximum atomic E-state index is 9.06. The van der Waals surface area contributed by atoms with Crippen LogP contribution in [0.25, 0.3) is 5.69 Å². The van der Waals surface area contributed by atoms with Gasteiger partial charge in [-0.05, 0) is 31.4 Å². The molecule has 3 rings (SSSR count). The molecule has 0 atom stereocenters. The van der Waals surface area contributed by atoms with E-state index in [2.05, 4.69) is 28.3 Å². The fourth-order valence-electron chi connectivity index (χ4n) is 2.81.